The molecule has 0 bridgehead atoms. The zero-order chi connectivity index (χ0) is 14.9. The highest BCUT2D eigenvalue weighted by Crippen LogP contribution is 2.38. The summed E-state index contributed by atoms with van der Waals surface area (Å²) >= 11 is 3.32. The largest absolute Gasteiger partial charge is 0.297 e. The molecule has 0 saturated heterocycles. The van der Waals surface area contributed by atoms with Crippen molar-refractivity contribution in [2.75, 3.05) is 14.1 Å². The van der Waals surface area contributed by atoms with Crippen LogP contribution in [0.4, 0.5) is 4.39 Å². The van der Waals surface area contributed by atoms with E-state index in [9.17, 15) is 9.18 Å². The number of halogens is 2. The third kappa shape index (κ3) is 2.82. The lowest BCUT2D eigenvalue weighted by atomic mass is 9.71. The Morgan fingerprint density at radius 3 is 2.75 bits per heavy atom. The number of hydrogen-bond donors (Lipinski definition) is 0. The first-order valence-corrected chi connectivity index (χ1v) is 7.83. The molecule has 2 nitrogen and oxygen atoms in total. The summed E-state index contributed by atoms with van der Waals surface area (Å²) in [4.78, 5) is 15.0. The highest BCUT2D eigenvalue weighted by Gasteiger charge is 2.44. The fourth-order valence-electron chi connectivity index (χ4n) is 3.26. The normalized spacial score (nSPS) is 26.8. The van der Waals surface area contributed by atoms with E-state index in [2.05, 4.69) is 22.9 Å². The summed E-state index contributed by atoms with van der Waals surface area (Å²) in [6.07, 6.45) is 3.75. The van der Waals surface area contributed by atoms with Crippen LogP contribution in [0.5, 0.6) is 0 Å². The van der Waals surface area contributed by atoms with Gasteiger partial charge >= 0.3 is 0 Å². The van der Waals surface area contributed by atoms with Crippen LogP contribution in [0.3, 0.4) is 0 Å². The molecule has 110 valence electrons. The van der Waals surface area contributed by atoms with Gasteiger partial charge in [0.1, 0.15) is 5.82 Å². The highest BCUT2D eigenvalue weighted by atomic mass is 79.9. The minimum absolute atomic E-state index is 0.0900. The lowest BCUT2D eigenvalue weighted by Crippen LogP contribution is -2.54. The second-order valence-corrected chi connectivity index (χ2v) is 7.00. The van der Waals surface area contributed by atoms with Gasteiger partial charge < -0.3 is 0 Å². The van der Waals surface area contributed by atoms with Gasteiger partial charge in [-0.3, -0.25) is 9.69 Å². The lowest BCUT2D eigenvalue weighted by molar-refractivity contribution is 0.0482. The van der Waals surface area contributed by atoms with Crippen molar-refractivity contribution in [3.05, 3.63) is 34.1 Å². The van der Waals surface area contributed by atoms with E-state index in [4.69, 9.17) is 0 Å². The molecule has 20 heavy (non-hydrogen) atoms. The predicted octanol–water partition coefficient (Wildman–Crippen LogP) is 4.28. The summed E-state index contributed by atoms with van der Waals surface area (Å²) in [6.45, 7) is 2.17. The number of Topliss-reactive ketones (excluding diaryl/α,β-unsaturated/α-hetero) is 1. The molecule has 1 saturated carbocycles. The molecule has 0 aliphatic heterocycles. The molecule has 1 aliphatic rings. The molecule has 1 aromatic rings. The third-order valence-corrected chi connectivity index (χ3v) is 4.92. The van der Waals surface area contributed by atoms with Gasteiger partial charge in [-0.2, -0.15) is 0 Å². The zero-order valence-corrected chi connectivity index (χ0v) is 13.8. The van der Waals surface area contributed by atoms with Crippen molar-refractivity contribution in [1.82, 2.24) is 4.90 Å². The van der Waals surface area contributed by atoms with Gasteiger partial charge in [0.2, 0.25) is 0 Å². The monoisotopic (exact) mass is 341 g/mol. The van der Waals surface area contributed by atoms with Gasteiger partial charge in [-0.05, 0) is 51.1 Å². The van der Waals surface area contributed by atoms with Crippen LogP contribution in [0, 0.1) is 11.7 Å². The van der Waals surface area contributed by atoms with E-state index in [0.29, 0.717) is 5.92 Å². The Balaban J connectivity index is 2.44. The summed E-state index contributed by atoms with van der Waals surface area (Å²) in [5, 5.41) is 0. The molecule has 0 amide bonds. The number of likely N-dealkylation sites (N-methyl/N-ethyl adjacent to an activating group) is 1. The Bertz CT molecular complexity index is 517. The van der Waals surface area contributed by atoms with Crippen molar-refractivity contribution in [2.24, 2.45) is 5.92 Å². The summed E-state index contributed by atoms with van der Waals surface area (Å²) < 4.78 is 14.8. The van der Waals surface area contributed by atoms with Crippen LogP contribution in [-0.4, -0.2) is 30.3 Å². The molecule has 2 rings (SSSR count). The van der Waals surface area contributed by atoms with Gasteiger partial charge in [-0.1, -0.05) is 35.7 Å². The first-order valence-electron chi connectivity index (χ1n) is 7.04. The van der Waals surface area contributed by atoms with Crippen LogP contribution in [0.25, 0.3) is 0 Å². The Labute approximate surface area is 128 Å². The number of benzene rings is 1. The summed E-state index contributed by atoms with van der Waals surface area (Å²) in [5.74, 6) is -0.0317. The number of carbonyl (C=O) groups is 1. The van der Waals surface area contributed by atoms with Gasteiger partial charge in [-0.15, -0.1) is 0 Å². The van der Waals surface area contributed by atoms with E-state index in [1.54, 1.807) is 12.1 Å². The average molecular weight is 342 g/mol. The van der Waals surface area contributed by atoms with Crippen molar-refractivity contribution < 1.29 is 9.18 Å². The molecule has 0 aromatic heterocycles. The van der Waals surface area contributed by atoms with Crippen LogP contribution in [0.15, 0.2) is 22.7 Å². The van der Waals surface area contributed by atoms with Gasteiger partial charge in [0.05, 0.1) is 11.1 Å². The maximum Gasteiger partial charge on any atom is 0.186 e. The standard InChI is InChI=1S/C16H21BrFNO/c1-11-5-4-8-16(10-11,19(2)3)15(20)13-9-12(17)6-7-14(13)18/h6-7,9,11H,4-5,8,10H2,1-3H3. The van der Waals surface area contributed by atoms with E-state index in [-0.39, 0.29) is 11.3 Å². The third-order valence-electron chi connectivity index (χ3n) is 4.43. The second-order valence-electron chi connectivity index (χ2n) is 6.08. The molecule has 1 aromatic carbocycles. The molecular weight excluding hydrogens is 321 g/mol. The average Bonchev–Trinajstić information content (AvgIpc) is 2.40. The van der Waals surface area contributed by atoms with E-state index in [1.807, 2.05) is 19.0 Å². The van der Waals surface area contributed by atoms with Crippen LogP contribution in [0.1, 0.15) is 43.0 Å². The van der Waals surface area contributed by atoms with Crippen molar-refractivity contribution in [3.63, 3.8) is 0 Å². The second kappa shape index (κ2) is 5.94. The number of ketones is 1. The van der Waals surface area contributed by atoms with E-state index in [1.165, 1.54) is 6.07 Å². The number of nitrogens with zero attached hydrogens (tertiary/aromatic N) is 1. The molecular formula is C16H21BrFNO. The van der Waals surface area contributed by atoms with Crippen LogP contribution in [-0.2, 0) is 0 Å². The van der Waals surface area contributed by atoms with Crippen molar-refractivity contribution >= 4 is 21.7 Å². The maximum atomic E-state index is 14.0. The van der Waals surface area contributed by atoms with Crippen LogP contribution in [0.2, 0.25) is 0 Å². The molecule has 1 aliphatic carbocycles. The highest BCUT2D eigenvalue weighted by molar-refractivity contribution is 9.10. The topological polar surface area (TPSA) is 20.3 Å². The number of carbonyl (C=O) groups excluding carboxylic acids is 1. The molecule has 0 N–H and O–H groups in total. The fourth-order valence-corrected chi connectivity index (χ4v) is 3.62. The zero-order valence-electron chi connectivity index (χ0n) is 12.2. The van der Waals surface area contributed by atoms with Gasteiger partial charge in [0.25, 0.3) is 0 Å². The van der Waals surface area contributed by atoms with Crippen molar-refractivity contribution in [3.8, 4) is 0 Å². The lowest BCUT2D eigenvalue weighted by Gasteiger charge is -2.43. The summed E-state index contributed by atoms with van der Waals surface area (Å²) in [5.41, 5.74) is -0.374. The Morgan fingerprint density at radius 1 is 1.45 bits per heavy atom. The SMILES string of the molecule is CC1CCCC(C(=O)c2cc(Br)ccc2F)(N(C)C)C1. The molecule has 2 unspecified atom stereocenters. The Kier molecular flexibility index (Phi) is 4.65. The van der Waals surface area contributed by atoms with Gasteiger partial charge in [0.15, 0.2) is 5.78 Å². The number of rotatable bonds is 3. The molecule has 0 spiro atoms. The molecule has 0 heterocycles. The predicted molar refractivity (Wildman–Crippen MR) is 82.5 cm³/mol. The van der Waals surface area contributed by atoms with E-state index < -0.39 is 11.4 Å². The molecule has 1 fully saturated rings. The smallest absolute Gasteiger partial charge is 0.186 e. The Hall–Kier alpha value is -0.740. The first-order chi connectivity index (χ1) is 9.36. The van der Waals surface area contributed by atoms with Gasteiger partial charge in [0, 0.05) is 4.47 Å². The van der Waals surface area contributed by atoms with Gasteiger partial charge in [-0.25, -0.2) is 4.39 Å². The first kappa shape index (κ1) is 15.6. The van der Waals surface area contributed by atoms with Crippen LogP contribution >= 0.6 is 15.9 Å². The molecule has 0 radical (unpaired) electrons. The molecule has 4 heteroatoms. The minimum atomic E-state index is -0.570. The summed E-state index contributed by atoms with van der Waals surface area (Å²) in [6, 6.07) is 4.58. The summed E-state index contributed by atoms with van der Waals surface area (Å²) in [7, 11) is 3.84. The van der Waals surface area contributed by atoms with Crippen LogP contribution < -0.4 is 0 Å². The Morgan fingerprint density at radius 2 is 2.15 bits per heavy atom. The number of hydrogen-bond acceptors (Lipinski definition) is 2. The maximum absolute atomic E-state index is 14.0. The quantitative estimate of drug-likeness (QED) is 0.764. The van der Waals surface area contributed by atoms with E-state index >= 15 is 0 Å². The van der Waals surface area contributed by atoms with Crippen molar-refractivity contribution in [1.29, 1.82) is 0 Å². The minimum Gasteiger partial charge on any atom is -0.297 e. The van der Waals surface area contributed by atoms with Crippen molar-refractivity contribution in [2.45, 2.75) is 38.1 Å². The molecule has 2 atom stereocenters. The fraction of sp³-hybridized carbons (Fsp3) is 0.562. The van der Waals surface area contributed by atoms with E-state index in [0.717, 1.165) is 30.2 Å².